The van der Waals surface area contributed by atoms with Crippen molar-refractivity contribution in [3.05, 3.63) is 114 Å². The van der Waals surface area contributed by atoms with Gasteiger partial charge < -0.3 is 28.4 Å². The van der Waals surface area contributed by atoms with Crippen molar-refractivity contribution in [1.82, 2.24) is 0 Å². The van der Waals surface area contributed by atoms with Crippen molar-refractivity contribution in [2.75, 3.05) is 13.6 Å². The Morgan fingerprint density at radius 3 is 1.62 bits per heavy atom. The first-order valence-corrected chi connectivity index (χ1v) is 14.2. The van der Waals surface area contributed by atoms with Crippen LogP contribution in [0.1, 0.15) is 55.1 Å². The van der Waals surface area contributed by atoms with Crippen LogP contribution < -0.4 is 18.9 Å². The molecule has 11 nitrogen and oxygen atoms in total. The number of benzene rings is 3. The molecular formula is C36H34O11. The van der Waals surface area contributed by atoms with E-state index in [2.05, 4.69) is 19.7 Å². The van der Waals surface area contributed by atoms with Crippen molar-refractivity contribution in [3.8, 4) is 23.0 Å². The van der Waals surface area contributed by atoms with Crippen LogP contribution in [-0.2, 0) is 28.7 Å². The summed E-state index contributed by atoms with van der Waals surface area (Å²) in [5, 5.41) is 0. The van der Waals surface area contributed by atoms with Crippen LogP contribution in [0.5, 0.6) is 23.0 Å². The van der Waals surface area contributed by atoms with Crippen LogP contribution in [0.3, 0.4) is 0 Å². The minimum Gasteiger partial charge on any atom is -0.457 e. The molecule has 0 bridgehead atoms. The minimum absolute atomic E-state index is 0.00298. The van der Waals surface area contributed by atoms with E-state index in [1.54, 1.807) is 55.5 Å². The van der Waals surface area contributed by atoms with Gasteiger partial charge in [0.05, 0.1) is 17.1 Å². The zero-order valence-corrected chi connectivity index (χ0v) is 26.5. The van der Waals surface area contributed by atoms with E-state index in [-0.39, 0.29) is 47.4 Å². The van der Waals surface area contributed by atoms with E-state index in [0.29, 0.717) is 22.6 Å². The van der Waals surface area contributed by atoms with Gasteiger partial charge in [-0.05, 0) is 81.3 Å². The quantitative estimate of drug-likeness (QED) is 0.0622. The van der Waals surface area contributed by atoms with Gasteiger partial charge in [-0.3, -0.25) is 9.59 Å². The van der Waals surface area contributed by atoms with E-state index in [4.69, 9.17) is 28.4 Å². The molecule has 0 spiro atoms. The van der Waals surface area contributed by atoms with Crippen LogP contribution in [-0.4, -0.2) is 43.2 Å². The molecule has 0 radical (unpaired) electrons. The topological polar surface area (TPSA) is 141 Å². The van der Waals surface area contributed by atoms with Gasteiger partial charge in [-0.1, -0.05) is 44.0 Å². The van der Waals surface area contributed by atoms with Gasteiger partial charge >= 0.3 is 23.9 Å². The second kappa shape index (κ2) is 16.4. The van der Waals surface area contributed by atoms with Crippen LogP contribution in [0.15, 0.2) is 97.6 Å². The molecule has 47 heavy (non-hydrogen) atoms. The molecule has 0 saturated heterocycles. The Morgan fingerprint density at radius 1 is 0.638 bits per heavy atom. The van der Waals surface area contributed by atoms with E-state index in [1.165, 1.54) is 39.0 Å². The van der Waals surface area contributed by atoms with Gasteiger partial charge in [-0.15, -0.1) is 0 Å². The van der Waals surface area contributed by atoms with Crippen LogP contribution in [0, 0.1) is 0 Å². The molecule has 0 aliphatic rings. The molecule has 0 N–H and O–H groups in total. The molecule has 244 valence electrons. The van der Waals surface area contributed by atoms with Crippen molar-refractivity contribution in [2.24, 2.45) is 0 Å². The maximum absolute atomic E-state index is 13.0. The third kappa shape index (κ3) is 10.3. The molecule has 11 heteroatoms. The van der Waals surface area contributed by atoms with Crippen molar-refractivity contribution >= 4 is 35.2 Å². The Bertz CT molecular complexity index is 1700. The smallest absolute Gasteiger partial charge is 0.343 e. The molecule has 0 saturated carbocycles. The standard InChI is InChI=1S/C36H34O11/c1-21(2)33(38)44-19-42-28-12-8-26(9-13-28)23(5)35(40)46-30-16-17-32(31(18-30)25(7)37)47-36(41)24(6)27-10-14-29(15-11-27)43-20-45-34(39)22(3)4/h8-18,24H,1,3,5,19-20H2,2,4,6-7H3. The lowest BCUT2D eigenvalue weighted by Crippen LogP contribution is -2.18. The first-order chi connectivity index (χ1) is 22.3. The molecule has 3 aromatic carbocycles. The summed E-state index contributed by atoms with van der Waals surface area (Å²) < 4.78 is 31.5. The van der Waals surface area contributed by atoms with Gasteiger partial charge in [0.2, 0.25) is 13.6 Å². The second-order valence-electron chi connectivity index (χ2n) is 10.3. The predicted molar refractivity (Wildman–Crippen MR) is 171 cm³/mol. The van der Waals surface area contributed by atoms with Gasteiger partial charge in [-0.25, -0.2) is 14.4 Å². The fourth-order valence-electron chi connectivity index (χ4n) is 3.71. The molecule has 0 aromatic heterocycles. The van der Waals surface area contributed by atoms with Gasteiger partial charge in [0.25, 0.3) is 0 Å². The Morgan fingerprint density at radius 2 is 1.13 bits per heavy atom. The molecule has 0 heterocycles. The average molecular weight is 643 g/mol. The Kier molecular flexibility index (Phi) is 12.4. The highest BCUT2D eigenvalue weighted by atomic mass is 16.7. The maximum Gasteiger partial charge on any atom is 0.343 e. The van der Waals surface area contributed by atoms with E-state index < -0.39 is 35.6 Å². The number of carbonyl (C=O) groups is 5. The molecule has 0 amide bonds. The summed E-state index contributed by atoms with van der Waals surface area (Å²) in [5.41, 5.74) is 1.61. The zero-order chi connectivity index (χ0) is 34.7. The van der Waals surface area contributed by atoms with Crippen molar-refractivity contribution < 1.29 is 52.4 Å². The zero-order valence-electron chi connectivity index (χ0n) is 26.5. The van der Waals surface area contributed by atoms with Crippen molar-refractivity contribution in [3.63, 3.8) is 0 Å². The Labute approximate surface area is 272 Å². The summed E-state index contributed by atoms with van der Waals surface area (Å²) in [6.45, 7) is 16.1. The maximum atomic E-state index is 13.0. The van der Waals surface area contributed by atoms with E-state index in [9.17, 15) is 24.0 Å². The van der Waals surface area contributed by atoms with Gasteiger partial charge in [0.15, 0.2) is 5.78 Å². The molecule has 0 aliphatic carbocycles. The van der Waals surface area contributed by atoms with Gasteiger partial charge in [0.1, 0.15) is 23.0 Å². The van der Waals surface area contributed by atoms with E-state index >= 15 is 0 Å². The summed E-state index contributed by atoms with van der Waals surface area (Å²) in [7, 11) is 0. The average Bonchev–Trinajstić information content (AvgIpc) is 3.04. The highest BCUT2D eigenvalue weighted by molar-refractivity contribution is 6.16. The number of ketones is 1. The third-order valence-corrected chi connectivity index (χ3v) is 6.46. The molecule has 3 rings (SSSR count). The van der Waals surface area contributed by atoms with Crippen LogP contribution in [0.4, 0.5) is 0 Å². The van der Waals surface area contributed by atoms with Crippen LogP contribution >= 0.6 is 0 Å². The van der Waals surface area contributed by atoms with Crippen LogP contribution in [0.25, 0.3) is 5.57 Å². The summed E-state index contributed by atoms with van der Waals surface area (Å²) >= 11 is 0. The fraction of sp³-hybridized carbons (Fsp3) is 0.194. The Balaban J connectivity index is 1.60. The third-order valence-electron chi connectivity index (χ3n) is 6.46. The number of Topliss-reactive ketones (excluding diaryl/α,β-unsaturated/α-hetero) is 1. The largest absolute Gasteiger partial charge is 0.457 e. The van der Waals surface area contributed by atoms with Crippen molar-refractivity contribution in [2.45, 2.75) is 33.6 Å². The van der Waals surface area contributed by atoms with E-state index in [0.717, 1.165) is 0 Å². The summed E-state index contributed by atoms with van der Waals surface area (Å²) in [6.07, 6.45) is 0. The molecule has 1 atom stereocenters. The SMILES string of the molecule is C=C(C)C(=O)OCOc1ccc(C(=C)C(=O)Oc2ccc(OC(=O)C(C)c3ccc(OCOC(=O)C(=C)C)cc3)c(C(C)=O)c2)cc1. The molecule has 1 unspecified atom stereocenters. The summed E-state index contributed by atoms with van der Waals surface area (Å²) in [5.74, 6) is -2.85. The number of rotatable bonds is 15. The summed E-state index contributed by atoms with van der Waals surface area (Å²) in [6, 6.07) is 16.9. The highest BCUT2D eigenvalue weighted by Crippen LogP contribution is 2.29. The molecular weight excluding hydrogens is 608 g/mol. The normalized spacial score (nSPS) is 10.9. The second-order valence-corrected chi connectivity index (χ2v) is 10.3. The molecule has 0 fully saturated rings. The molecule has 3 aromatic rings. The first kappa shape index (κ1) is 35.5. The highest BCUT2D eigenvalue weighted by Gasteiger charge is 2.22. The lowest BCUT2D eigenvalue weighted by molar-refractivity contribution is -0.146. The number of carbonyl (C=O) groups excluding carboxylic acids is 5. The van der Waals surface area contributed by atoms with Crippen LogP contribution in [0.2, 0.25) is 0 Å². The lowest BCUT2D eigenvalue weighted by atomic mass is 10.0. The number of ether oxygens (including phenoxy) is 6. The number of esters is 4. The van der Waals surface area contributed by atoms with Crippen molar-refractivity contribution in [1.29, 1.82) is 0 Å². The van der Waals surface area contributed by atoms with E-state index in [1.807, 2.05) is 0 Å². The fourth-order valence-corrected chi connectivity index (χ4v) is 3.71. The first-order valence-electron chi connectivity index (χ1n) is 14.2. The molecule has 0 aliphatic heterocycles. The van der Waals surface area contributed by atoms with Gasteiger partial charge in [-0.2, -0.15) is 0 Å². The lowest BCUT2D eigenvalue weighted by Gasteiger charge is -2.15. The number of hydrogen-bond donors (Lipinski definition) is 0. The monoisotopic (exact) mass is 642 g/mol. The number of hydrogen-bond acceptors (Lipinski definition) is 11. The summed E-state index contributed by atoms with van der Waals surface area (Å²) in [4.78, 5) is 61.1. The van der Waals surface area contributed by atoms with Gasteiger partial charge in [0, 0.05) is 11.1 Å². The Hall–Kier alpha value is -5.97. The predicted octanol–water partition coefficient (Wildman–Crippen LogP) is 6.13. The minimum atomic E-state index is -0.775.